The molecule has 1 aromatic rings. The van der Waals surface area contributed by atoms with Crippen LogP contribution in [0.2, 0.25) is 0 Å². The summed E-state index contributed by atoms with van der Waals surface area (Å²) in [5.41, 5.74) is 0. The number of halogens is 1. The Hall–Kier alpha value is -0.900. The lowest BCUT2D eigenvalue weighted by molar-refractivity contribution is 0.119. The summed E-state index contributed by atoms with van der Waals surface area (Å²) in [5.74, 6) is 3.32. The van der Waals surface area contributed by atoms with Crippen molar-refractivity contribution < 1.29 is 0 Å². The van der Waals surface area contributed by atoms with Gasteiger partial charge in [0.05, 0.1) is 0 Å². The molecule has 3 aliphatic rings. The zero-order chi connectivity index (χ0) is 21.3. The van der Waals surface area contributed by atoms with Gasteiger partial charge in [-0.05, 0) is 51.9 Å². The highest BCUT2D eigenvalue weighted by atomic mass is 127. The van der Waals surface area contributed by atoms with Gasteiger partial charge in [-0.1, -0.05) is 25.7 Å². The maximum Gasteiger partial charge on any atom is 0.191 e. The molecule has 2 fully saturated rings. The predicted octanol–water partition coefficient (Wildman–Crippen LogP) is 3.91. The van der Waals surface area contributed by atoms with Crippen molar-refractivity contribution in [3.63, 3.8) is 0 Å². The Morgan fingerprint density at radius 1 is 0.969 bits per heavy atom. The van der Waals surface area contributed by atoms with Crippen molar-refractivity contribution in [2.24, 2.45) is 4.99 Å². The molecule has 8 heteroatoms. The molecule has 1 saturated heterocycles. The van der Waals surface area contributed by atoms with E-state index in [9.17, 15) is 0 Å². The summed E-state index contributed by atoms with van der Waals surface area (Å²) in [7, 11) is 0. The average molecular weight is 558 g/mol. The molecule has 2 aliphatic heterocycles. The molecule has 0 radical (unpaired) electrons. The van der Waals surface area contributed by atoms with Crippen LogP contribution in [0.5, 0.6) is 0 Å². The van der Waals surface area contributed by atoms with Crippen LogP contribution >= 0.6 is 24.0 Å². The molecule has 4 rings (SSSR count). The molecule has 182 valence electrons. The zero-order valence-electron chi connectivity index (χ0n) is 20.0. The third-order valence-corrected chi connectivity index (χ3v) is 7.32. The molecule has 0 atom stereocenters. The first-order chi connectivity index (χ1) is 15.3. The lowest BCUT2D eigenvalue weighted by Gasteiger charge is -2.39. The number of nitrogens with one attached hydrogen (secondary N) is 2. The summed E-state index contributed by atoms with van der Waals surface area (Å²) in [6.45, 7) is 7.45. The van der Waals surface area contributed by atoms with Gasteiger partial charge in [0, 0.05) is 57.6 Å². The van der Waals surface area contributed by atoms with E-state index < -0.39 is 0 Å². The predicted molar refractivity (Wildman–Crippen MR) is 142 cm³/mol. The molecule has 1 aliphatic carbocycles. The molecule has 0 amide bonds. The fourth-order valence-corrected chi connectivity index (χ4v) is 5.53. The van der Waals surface area contributed by atoms with E-state index in [-0.39, 0.29) is 24.0 Å². The van der Waals surface area contributed by atoms with Crippen LogP contribution in [0.1, 0.15) is 89.2 Å². The van der Waals surface area contributed by atoms with E-state index in [4.69, 9.17) is 4.99 Å². The molecular weight excluding hydrogens is 513 g/mol. The second kappa shape index (κ2) is 13.7. The molecule has 0 unspecified atom stereocenters. The van der Waals surface area contributed by atoms with Crippen LogP contribution in [-0.2, 0) is 19.4 Å². The van der Waals surface area contributed by atoms with Crippen LogP contribution in [0, 0.1) is 0 Å². The van der Waals surface area contributed by atoms with Gasteiger partial charge >= 0.3 is 0 Å². The molecule has 2 N–H and O–H groups in total. The van der Waals surface area contributed by atoms with Gasteiger partial charge in [-0.2, -0.15) is 0 Å². The summed E-state index contributed by atoms with van der Waals surface area (Å²) in [6, 6.07) is 1.40. The third kappa shape index (κ3) is 7.30. The summed E-state index contributed by atoms with van der Waals surface area (Å²) >= 11 is 0. The maximum atomic E-state index is 4.87. The monoisotopic (exact) mass is 557 g/mol. The van der Waals surface area contributed by atoms with Crippen LogP contribution in [-0.4, -0.2) is 63.9 Å². The Bertz CT molecular complexity index is 691. The molecule has 32 heavy (non-hydrogen) atoms. The molecule has 0 spiro atoms. The molecule has 0 aromatic carbocycles. The Balaban J connectivity index is 0.00000289. The first-order valence-corrected chi connectivity index (χ1v) is 13.0. The van der Waals surface area contributed by atoms with Crippen LogP contribution in [0.4, 0.5) is 0 Å². The van der Waals surface area contributed by atoms with Gasteiger partial charge in [0.25, 0.3) is 0 Å². The van der Waals surface area contributed by atoms with E-state index in [2.05, 4.69) is 37.2 Å². The Labute approximate surface area is 211 Å². The standard InChI is InChI=1S/C24H43N7.HI/c1-2-25-24(27-20-14-18-30(19-15-20)21-10-5-3-6-11-21)26-16-9-13-23-29-28-22-12-7-4-8-17-31(22)23;/h20-21H,2-19H2,1H3,(H2,25,26,27);1H. The molecular formula is C24H44IN7. The van der Waals surface area contributed by atoms with Crippen molar-refractivity contribution in [1.82, 2.24) is 30.3 Å². The van der Waals surface area contributed by atoms with E-state index in [0.29, 0.717) is 6.04 Å². The highest BCUT2D eigenvalue weighted by molar-refractivity contribution is 14.0. The SMILES string of the molecule is CCNC(=NCCCc1nnc2n1CCCCC2)NC1CCN(C2CCCCC2)CC1.I. The van der Waals surface area contributed by atoms with Crippen molar-refractivity contribution in [3.8, 4) is 0 Å². The molecule has 3 heterocycles. The van der Waals surface area contributed by atoms with Gasteiger partial charge in [-0.25, -0.2) is 0 Å². The topological polar surface area (TPSA) is 70.4 Å². The number of guanidine groups is 1. The van der Waals surface area contributed by atoms with Gasteiger partial charge in [-0.15, -0.1) is 34.2 Å². The van der Waals surface area contributed by atoms with Crippen LogP contribution in [0.25, 0.3) is 0 Å². The summed E-state index contributed by atoms with van der Waals surface area (Å²) in [6.07, 6.45) is 16.5. The van der Waals surface area contributed by atoms with Crippen molar-refractivity contribution in [1.29, 1.82) is 0 Å². The Morgan fingerprint density at radius 2 is 1.75 bits per heavy atom. The fourth-order valence-electron chi connectivity index (χ4n) is 5.53. The summed E-state index contributed by atoms with van der Waals surface area (Å²) in [4.78, 5) is 7.62. The second-order valence-electron chi connectivity index (χ2n) is 9.61. The fraction of sp³-hybridized carbons (Fsp3) is 0.875. The number of nitrogens with zero attached hydrogens (tertiary/aromatic N) is 5. The van der Waals surface area contributed by atoms with Crippen LogP contribution < -0.4 is 10.6 Å². The van der Waals surface area contributed by atoms with E-state index >= 15 is 0 Å². The number of aliphatic imine (C=N–C) groups is 1. The lowest BCUT2D eigenvalue weighted by Crippen LogP contribution is -2.51. The number of aryl methyl sites for hydroxylation is 2. The second-order valence-corrected chi connectivity index (χ2v) is 9.61. The van der Waals surface area contributed by atoms with Gasteiger partial charge < -0.3 is 20.1 Å². The Kier molecular flexibility index (Phi) is 11.0. The van der Waals surface area contributed by atoms with E-state index in [1.165, 1.54) is 83.1 Å². The molecule has 7 nitrogen and oxygen atoms in total. The number of hydrogen-bond acceptors (Lipinski definition) is 4. The molecule has 0 bridgehead atoms. The number of rotatable bonds is 7. The van der Waals surface area contributed by atoms with Crippen molar-refractivity contribution in [2.75, 3.05) is 26.2 Å². The average Bonchev–Trinajstić information content (AvgIpc) is 3.03. The van der Waals surface area contributed by atoms with E-state index in [1.807, 2.05) is 0 Å². The van der Waals surface area contributed by atoms with Gasteiger partial charge in [-0.3, -0.25) is 4.99 Å². The smallest absolute Gasteiger partial charge is 0.191 e. The minimum absolute atomic E-state index is 0. The summed E-state index contributed by atoms with van der Waals surface area (Å²) < 4.78 is 2.36. The van der Waals surface area contributed by atoms with E-state index in [0.717, 1.165) is 56.7 Å². The maximum absolute atomic E-state index is 4.87. The first-order valence-electron chi connectivity index (χ1n) is 13.0. The van der Waals surface area contributed by atoms with Crippen molar-refractivity contribution in [3.05, 3.63) is 11.6 Å². The highest BCUT2D eigenvalue weighted by Gasteiger charge is 2.26. The minimum atomic E-state index is 0. The number of fused-ring (bicyclic) bond motifs is 1. The molecule has 1 aromatic heterocycles. The number of piperidine rings is 1. The molecule has 1 saturated carbocycles. The van der Waals surface area contributed by atoms with E-state index in [1.54, 1.807) is 0 Å². The van der Waals surface area contributed by atoms with Crippen LogP contribution in [0.15, 0.2) is 4.99 Å². The van der Waals surface area contributed by atoms with Gasteiger partial charge in [0.15, 0.2) is 5.96 Å². The third-order valence-electron chi connectivity index (χ3n) is 7.32. The quantitative estimate of drug-likeness (QED) is 0.230. The Morgan fingerprint density at radius 3 is 2.53 bits per heavy atom. The van der Waals surface area contributed by atoms with Gasteiger partial charge in [0.1, 0.15) is 11.6 Å². The van der Waals surface area contributed by atoms with Crippen LogP contribution in [0.3, 0.4) is 0 Å². The normalized spacial score (nSPS) is 21.5. The highest BCUT2D eigenvalue weighted by Crippen LogP contribution is 2.25. The first kappa shape index (κ1) is 25.7. The van der Waals surface area contributed by atoms with Gasteiger partial charge in [0.2, 0.25) is 0 Å². The number of aromatic nitrogens is 3. The number of hydrogen-bond donors (Lipinski definition) is 2. The van der Waals surface area contributed by atoms with Crippen molar-refractivity contribution >= 4 is 29.9 Å². The largest absolute Gasteiger partial charge is 0.357 e. The zero-order valence-corrected chi connectivity index (χ0v) is 22.4. The van der Waals surface area contributed by atoms with Crippen molar-refractivity contribution in [2.45, 2.75) is 109 Å². The minimum Gasteiger partial charge on any atom is -0.357 e. The lowest BCUT2D eigenvalue weighted by atomic mass is 9.92. The summed E-state index contributed by atoms with van der Waals surface area (Å²) in [5, 5.41) is 16.0. The number of likely N-dealkylation sites (tertiary alicyclic amines) is 1.